The monoisotopic (exact) mass is 396 g/mol. The number of hydrogen-bond donors (Lipinski definition) is 2. The molecular weight excluding hydrogens is 368 g/mol. The molecule has 0 saturated heterocycles. The SMILES string of the molecule is Cc1nnc(CN=C(NCc2cccs2)NC(C)C(C)c2ccccc2)n1C. The minimum atomic E-state index is 0.221. The second-order valence-corrected chi connectivity index (χ2v) is 7.98. The van der Waals surface area contributed by atoms with Crippen LogP contribution in [-0.2, 0) is 20.1 Å². The number of rotatable bonds is 7. The molecule has 0 fully saturated rings. The predicted molar refractivity (Wildman–Crippen MR) is 115 cm³/mol. The molecule has 3 rings (SSSR count). The molecule has 3 aromatic rings. The molecule has 2 atom stereocenters. The molecule has 0 aliphatic rings. The average molecular weight is 397 g/mol. The van der Waals surface area contributed by atoms with E-state index in [4.69, 9.17) is 4.99 Å². The van der Waals surface area contributed by atoms with Gasteiger partial charge in [0.05, 0.1) is 6.54 Å². The highest BCUT2D eigenvalue weighted by molar-refractivity contribution is 7.09. The van der Waals surface area contributed by atoms with Gasteiger partial charge in [-0.1, -0.05) is 43.3 Å². The number of aliphatic imine (C=N–C) groups is 1. The molecule has 0 amide bonds. The number of nitrogens with zero attached hydrogens (tertiary/aromatic N) is 4. The normalized spacial score (nSPS) is 13.9. The van der Waals surface area contributed by atoms with Gasteiger partial charge in [-0.05, 0) is 30.9 Å². The topological polar surface area (TPSA) is 67.1 Å². The van der Waals surface area contributed by atoms with E-state index in [1.807, 2.05) is 24.6 Å². The molecule has 2 N–H and O–H groups in total. The second-order valence-electron chi connectivity index (χ2n) is 6.95. The van der Waals surface area contributed by atoms with Crippen LogP contribution < -0.4 is 10.6 Å². The van der Waals surface area contributed by atoms with Crippen molar-refractivity contribution in [2.75, 3.05) is 0 Å². The minimum Gasteiger partial charge on any atom is -0.353 e. The van der Waals surface area contributed by atoms with Gasteiger partial charge >= 0.3 is 0 Å². The first kappa shape index (κ1) is 20.1. The van der Waals surface area contributed by atoms with Crippen LogP contribution in [0.2, 0.25) is 0 Å². The minimum absolute atomic E-state index is 0.221. The Morgan fingerprint density at radius 2 is 1.93 bits per heavy atom. The van der Waals surface area contributed by atoms with Crippen molar-refractivity contribution in [3.8, 4) is 0 Å². The van der Waals surface area contributed by atoms with E-state index in [1.54, 1.807) is 11.3 Å². The first-order valence-corrected chi connectivity index (χ1v) is 10.4. The quantitative estimate of drug-likeness (QED) is 0.473. The van der Waals surface area contributed by atoms with Crippen molar-refractivity contribution in [2.45, 2.75) is 45.8 Å². The van der Waals surface area contributed by atoms with Gasteiger partial charge in [0.2, 0.25) is 0 Å². The van der Waals surface area contributed by atoms with E-state index in [0.29, 0.717) is 12.5 Å². The number of guanidine groups is 1. The lowest BCUT2D eigenvalue weighted by molar-refractivity contribution is 0.548. The lowest BCUT2D eigenvalue weighted by Gasteiger charge is -2.24. The smallest absolute Gasteiger partial charge is 0.192 e. The third-order valence-electron chi connectivity index (χ3n) is 5.01. The summed E-state index contributed by atoms with van der Waals surface area (Å²) in [6, 6.07) is 15.0. The molecule has 7 heteroatoms. The molecular formula is C21H28N6S. The van der Waals surface area contributed by atoms with Crippen molar-refractivity contribution >= 4 is 17.3 Å². The molecule has 148 valence electrons. The summed E-state index contributed by atoms with van der Waals surface area (Å²) in [6.45, 7) is 7.58. The highest BCUT2D eigenvalue weighted by Crippen LogP contribution is 2.18. The average Bonchev–Trinajstić information content (AvgIpc) is 3.35. The summed E-state index contributed by atoms with van der Waals surface area (Å²) in [6.07, 6.45) is 0. The Morgan fingerprint density at radius 3 is 2.57 bits per heavy atom. The molecule has 0 saturated carbocycles. The maximum Gasteiger partial charge on any atom is 0.192 e. The van der Waals surface area contributed by atoms with Crippen molar-refractivity contribution in [3.05, 3.63) is 69.9 Å². The summed E-state index contributed by atoms with van der Waals surface area (Å²) in [5, 5.41) is 17.4. The molecule has 0 aliphatic carbocycles. The van der Waals surface area contributed by atoms with Gasteiger partial charge < -0.3 is 15.2 Å². The van der Waals surface area contributed by atoms with Crippen LogP contribution in [0.1, 0.15) is 41.9 Å². The Labute approximate surface area is 170 Å². The summed E-state index contributed by atoms with van der Waals surface area (Å²) in [5.41, 5.74) is 1.31. The summed E-state index contributed by atoms with van der Waals surface area (Å²) < 4.78 is 1.97. The lowest BCUT2D eigenvalue weighted by atomic mass is 9.94. The van der Waals surface area contributed by atoms with Crippen LogP contribution in [0.25, 0.3) is 0 Å². The van der Waals surface area contributed by atoms with Crippen molar-refractivity contribution < 1.29 is 0 Å². The molecule has 2 unspecified atom stereocenters. The van der Waals surface area contributed by atoms with Crippen LogP contribution in [0, 0.1) is 6.92 Å². The second kappa shape index (κ2) is 9.50. The number of thiophene rings is 1. The van der Waals surface area contributed by atoms with Gasteiger partial charge in [0, 0.05) is 23.9 Å². The van der Waals surface area contributed by atoms with E-state index in [0.717, 1.165) is 24.2 Å². The predicted octanol–water partition coefficient (Wildman–Crippen LogP) is 3.61. The first-order valence-electron chi connectivity index (χ1n) is 9.51. The number of hydrogen-bond acceptors (Lipinski definition) is 4. The molecule has 0 bridgehead atoms. The van der Waals surface area contributed by atoms with Crippen LogP contribution in [0.3, 0.4) is 0 Å². The van der Waals surface area contributed by atoms with Gasteiger partial charge in [-0.25, -0.2) is 4.99 Å². The van der Waals surface area contributed by atoms with Crippen LogP contribution in [0.15, 0.2) is 52.8 Å². The van der Waals surface area contributed by atoms with Crippen LogP contribution in [-0.4, -0.2) is 26.8 Å². The fraction of sp³-hybridized carbons (Fsp3) is 0.381. The zero-order chi connectivity index (χ0) is 19.9. The Morgan fingerprint density at radius 1 is 1.14 bits per heavy atom. The van der Waals surface area contributed by atoms with Crippen LogP contribution in [0.4, 0.5) is 0 Å². The molecule has 0 spiro atoms. The van der Waals surface area contributed by atoms with Gasteiger partial charge in [-0.3, -0.25) is 0 Å². The first-order chi connectivity index (χ1) is 13.5. The zero-order valence-corrected chi connectivity index (χ0v) is 17.7. The van der Waals surface area contributed by atoms with Crippen molar-refractivity contribution in [2.24, 2.45) is 12.0 Å². The van der Waals surface area contributed by atoms with Crippen molar-refractivity contribution in [1.29, 1.82) is 0 Å². The van der Waals surface area contributed by atoms with Crippen LogP contribution >= 0.6 is 11.3 Å². The summed E-state index contributed by atoms with van der Waals surface area (Å²) in [5.74, 6) is 2.87. The fourth-order valence-corrected chi connectivity index (χ4v) is 3.51. The largest absolute Gasteiger partial charge is 0.353 e. The summed E-state index contributed by atoms with van der Waals surface area (Å²) in [4.78, 5) is 6.03. The van der Waals surface area contributed by atoms with Gasteiger partial charge in [-0.15, -0.1) is 21.5 Å². The van der Waals surface area contributed by atoms with E-state index in [9.17, 15) is 0 Å². The Balaban J connectivity index is 1.71. The maximum absolute atomic E-state index is 4.76. The van der Waals surface area contributed by atoms with Gasteiger partial charge in [0.15, 0.2) is 11.8 Å². The van der Waals surface area contributed by atoms with Crippen molar-refractivity contribution in [1.82, 2.24) is 25.4 Å². The van der Waals surface area contributed by atoms with E-state index in [-0.39, 0.29) is 6.04 Å². The molecule has 0 radical (unpaired) electrons. The maximum atomic E-state index is 4.76. The Bertz CT molecular complexity index is 885. The Hall–Kier alpha value is -2.67. The molecule has 2 heterocycles. The van der Waals surface area contributed by atoms with Gasteiger partial charge in [-0.2, -0.15) is 0 Å². The number of aromatic nitrogens is 3. The van der Waals surface area contributed by atoms with Gasteiger partial charge in [0.1, 0.15) is 12.4 Å². The fourth-order valence-electron chi connectivity index (χ4n) is 2.86. The van der Waals surface area contributed by atoms with E-state index in [2.05, 4.69) is 76.5 Å². The molecule has 1 aromatic carbocycles. The highest BCUT2D eigenvalue weighted by atomic mass is 32.1. The number of aryl methyl sites for hydroxylation is 1. The molecule has 2 aromatic heterocycles. The lowest BCUT2D eigenvalue weighted by Crippen LogP contribution is -2.44. The number of benzene rings is 1. The Kier molecular flexibility index (Phi) is 6.81. The summed E-state index contributed by atoms with van der Waals surface area (Å²) in [7, 11) is 1.96. The molecule has 28 heavy (non-hydrogen) atoms. The van der Waals surface area contributed by atoms with Crippen molar-refractivity contribution in [3.63, 3.8) is 0 Å². The van der Waals surface area contributed by atoms with E-state index >= 15 is 0 Å². The summed E-state index contributed by atoms with van der Waals surface area (Å²) >= 11 is 1.74. The van der Waals surface area contributed by atoms with E-state index in [1.165, 1.54) is 10.4 Å². The zero-order valence-electron chi connectivity index (χ0n) is 16.9. The standard InChI is InChI=1S/C21H28N6S/c1-15(18-9-6-5-7-10-18)16(2)24-21(22-13-19-11-8-12-28-19)23-14-20-26-25-17(3)27(20)4/h5-12,15-16H,13-14H2,1-4H3,(H2,22,23,24). The highest BCUT2D eigenvalue weighted by Gasteiger charge is 2.16. The third kappa shape index (κ3) is 5.19. The van der Waals surface area contributed by atoms with E-state index < -0.39 is 0 Å². The van der Waals surface area contributed by atoms with Crippen LogP contribution in [0.5, 0.6) is 0 Å². The molecule has 0 aliphatic heterocycles. The van der Waals surface area contributed by atoms with Gasteiger partial charge in [0.25, 0.3) is 0 Å². The molecule has 6 nitrogen and oxygen atoms in total. The third-order valence-corrected chi connectivity index (χ3v) is 5.89. The number of nitrogens with one attached hydrogen (secondary N) is 2.